The van der Waals surface area contributed by atoms with E-state index in [1.165, 1.54) is 21.8 Å². The summed E-state index contributed by atoms with van der Waals surface area (Å²) in [5.74, 6) is 0. The highest BCUT2D eigenvalue weighted by Gasteiger charge is 1.99. The molecule has 2 aromatic carbocycles. The quantitative estimate of drug-likeness (QED) is 0.816. The first-order chi connectivity index (χ1) is 9.63. The van der Waals surface area contributed by atoms with Crippen LogP contribution in [0.2, 0.25) is 0 Å². The Morgan fingerprint density at radius 2 is 1.45 bits per heavy atom. The van der Waals surface area contributed by atoms with Crippen LogP contribution in [0.5, 0.6) is 0 Å². The molecule has 2 N–H and O–H groups in total. The van der Waals surface area contributed by atoms with E-state index in [2.05, 4.69) is 55.4 Å². The SMILES string of the molecule is CN(C)CCCc1ccc(Sc2ccc(N)cc2)cc1. The van der Waals surface area contributed by atoms with E-state index < -0.39 is 0 Å². The number of aryl methyl sites for hydroxylation is 1. The second-order valence-corrected chi connectivity index (χ2v) is 6.37. The first kappa shape index (κ1) is 14.9. The Hall–Kier alpha value is -1.45. The van der Waals surface area contributed by atoms with Crippen molar-refractivity contribution >= 4 is 17.4 Å². The Bertz CT molecular complexity index is 518. The van der Waals surface area contributed by atoms with E-state index in [0.29, 0.717) is 0 Å². The standard InChI is InChI=1S/C17H22N2S/c1-19(2)13-3-4-14-5-9-16(10-6-14)20-17-11-7-15(18)8-12-17/h5-12H,3-4,13,18H2,1-2H3. The fourth-order valence-electron chi connectivity index (χ4n) is 2.00. The van der Waals surface area contributed by atoms with Crippen LogP contribution in [0.4, 0.5) is 5.69 Å². The molecule has 0 radical (unpaired) electrons. The largest absolute Gasteiger partial charge is 0.399 e. The molecular formula is C17H22N2S. The Morgan fingerprint density at radius 1 is 0.900 bits per heavy atom. The molecule has 0 aliphatic rings. The zero-order valence-electron chi connectivity index (χ0n) is 12.2. The summed E-state index contributed by atoms with van der Waals surface area (Å²) in [5, 5.41) is 0. The third kappa shape index (κ3) is 4.91. The lowest BCUT2D eigenvalue weighted by Gasteiger charge is -2.09. The molecule has 2 rings (SSSR count). The lowest BCUT2D eigenvalue weighted by atomic mass is 10.1. The number of benzene rings is 2. The summed E-state index contributed by atoms with van der Waals surface area (Å²) in [4.78, 5) is 4.72. The molecule has 0 saturated heterocycles. The molecule has 0 aliphatic carbocycles. The topological polar surface area (TPSA) is 29.3 Å². The van der Waals surface area contributed by atoms with Crippen molar-refractivity contribution < 1.29 is 0 Å². The summed E-state index contributed by atoms with van der Waals surface area (Å²) in [6.45, 7) is 1.14. The average molecular weight is 286 g/mol. The maximum Gasteiger partial charge on any atom is 0.0314 e. The minimum absolute atomic E-state index is 0.811. The maximum absolute atomic E-state index is 5.69. The van der Waals surface area contributed by atoms with Crippen LogP contribution in [-0.4, -0.2) is 25.5 Å². The molecule has 20 heavy (non-hydrogen) atoms. The zero-order chi connectivity index (χ0) is 14.4. The number of rotatable bonds is 6. The molecule has 2 aromatic rings. The smallest absolute Gasteiger partial charge is 0.0314 e. The van der Waals surface area contributed by atoms with Crippen LogP contribution in [0.1, 0.15) is 12.0 Å². The average Bonchev–Trinajstić information content (AvgIpc) is 2.43. The van der Waals surface area contributed by atoms with Crippen molar-refractivity contribution in [3.8, 4) is 0 Å². The van der Waals surface area contributed by atoms with Crippen LogP contribution >= 0.6 is 11.8 Å². The Morgan fingerprint density at radius 3 is 2.00 bits per heavy atom. The molecule has 0 saturated carbocycles. The summed E-state index contributed by atoms with van der Waals surface area (Å²) < 4.78 is 0. The minimum Gasteiger partial charge on any atom is -0.399 e. The molecule has 0 heterocycles. The van der Waals surface area contributed by atoms with Gasteiger partial charge in [-0.2, -0.15) is 0 Å². The van der Waals surface area contributed by atoms with E-state index in [4.69, 9.17) is 5.73 Å². The predicted octanol–water partition coefficient (Wildman–Crippen LogP) is 3.91. The fraction of sp³-hybridized carbons (Fsp3) is 0.294. The summed E-state index contributed by atoms with van der Waals surface area (Å²) in [6.07, 6.45) is 2.35. The minimum atomic E-state index is 0.811. The number of nitrogens with zero attached hydrogens (tertiary/aromatic N) is 1. The maximum atomic E-state index is 5.69. The highest BCUT2D eigenvalue weighted by atomic mass is 32.2. The van der Waals surface area contributed by atoms with Crippen molar-refractivity contribution in [1.29, 1.82) is 0 Å². The van der Waals surface area contributed by atoms with Crippen LogP contribution in [-0.2, 0) is 6.42 Å². The van der Waals surface area contributed by atoms with Gasteiger partial charge in [0.1, 0.15) is 0 Å². The van der Waals surface area contributed by atoms with Crippen LogP contribution in [0.3, 0.4) is 0 Å². The Kier molecular flexibility index (Phi) is 5.50. The predicted molar refractivity (Wildman–Crippen MR) is 88.3 cm³/mol. The van der Waals surface area contributed by atoms with Gasteiger partial charge in [0.15, 0.2) is 0 Å². The first-order valence-corrected chi connectivity index (χ1v) is 7.72. The van der Waals surface area contributed by atoms with Crippen LogP contribution in [0, 0.1) is 0 Å². The Labute approximate surface area is 126 Å². The van der Waals surface area contributed by atoms with Gasteiger partial charge in [-0.1, -0.05) is 23.9 Å². The molecule has 3 heteroatoms. The van der Waals surface area contributed by atoms with Gasteiger partial charge in [0, 0.05) is 15.5 Å². The van der Waals surface area contributed by atoms with Crippen molar-refractivity contribution in [3.05, 3.63) is 54.1 Å². The van der Waals surface area contributed by atoms with Crippen LogP contribution in [0.25, 0.3) is 0 Å². The molecule has 0 aliphatic heterocycles. The van der Waals surface area contributed by atoms with E-state index in [9.17, 15) is 0 Å². The second-order valence-electron chi connectivity index (χ2n) is 5.22. The summed E-state index contributed by atoms with van der Waals surface area (Å²) in [6, 6.07) is 16.9. The molecule has 0 atom stereocenters. The highest BCUT2D eigenvalue weighted by Crippen LogP contribution is 2.28. The molecule has 0 fully saturated rings. The van der Waals surface area contributed by atoms with E-state index in [1.807, 2.05) is 12.1 Å². The van der Waals surface area contributed by atoms with Crippen molar-refractivity contribution in [2.45, 2.75) is 22.6 Å². The van der Waals surface area contributed by atoms with Gasteiger partial charge in [-0.15, -0.1) is 0 Å². The van der Waals surface area contributed by atoms with Gasteiger partial charge >= 0.3 is 0 Å². The highest BCUT2D eigenvalue weighted by molar-refractivity contribution is 7.99. The zero-order valence-corrected chi connectivity index (χ0v) is 13.0. The van der Waals surface area contributed by atoms with Gasteiger partial charge in [-0.05, 0) is 75.4 Å². The third-order valence-corrected chi connectivity index (χ3v) is 4.13. The second kappa shape index (κ2) is 7.36. The van der Waals surface area contributed by atoms with Gasteiger partial charge in [0.05, 0.1) is 0 Å². The van der Waals surface area contributed by atoms with Crippen LogP contribution < -0.4 is 5.73 Å². The number of hydrogen-bond donors (Lipinski definition) is 1. The first-order valence-electron chi connectivity index (χ1n) is 6.90. The van der Waals surface area contributed by atoms with Gasteiger partial charge in [-0.25, -0.2) is 0 Å². The number of nitrogen functional groups attached to an aromatic ring is 1. The summed E-state index contributed by atoms with van der Waals surface area (Å²) in [7, 11) is 4.23. The molecular weight excluding hydrogens is 264 g/mol. The van der Waals surface area contributed by atoms with Gasteiger partial charge < -0.3 is 10.6 Å². The van der Waals surface area contributed by atoms with Gasteiger partial charge in [0.25, 0.3) is 0 Å². The molecule has 0 spiro atoms. The van der Waals surface area contributed by atoms with Crippen molar-refractivity contribution in [2.75, 3.05) is 26.4 Å². The number of nitrogens with two attached hydrogens (primary N) is 1. The number of anilines is 1. The van der Waals surface area contributed by atoms with E-state index in [0.717, 1.165) is 18.7 Å². The van der Waals surface area contributed by atoms with Gasteiger partial charge in [0.2, 0.25) is 0 Å². The molecule has 106 valence electrons. The monoisotopic (exact) mass is 286 g/mol. The van der Waals surface area contributed by atoms with Crippen LogP contribution in [0.15, 0.2) is 58.3 Å². The van der Waals surface area contributed by atoms with E-state index in [1.54, 1.807) is 11.8 Å². The molecule has 2 nitrogen and oxygen atoms in total. The molecule has 0 aromatic heterocycles. The summed E-state index contributed by atoms with van der Waals surface area (Å²) in [5.41, 5.74) is 7.92. The summed E-state index contributed by atoms with van der Waals surface area (Å²) >= 11 is 1.77. The fourth-order valence-corrected chi connectivity index (χ4v) is 2.81. The lowest BCUT2D eigenvalue weighted by Crippen LogP contribution is -2.13. The molecule has 0 bridgehead atoms. The Balaban J connectivity index is 1.89. The van der Waals surface area contributed by atoms with E-state index >= 15 is 0 Å². The normalized spacial score (nSPS) is 10.9. The third-order valence-electron chi connectivity index (χ3n) is 3.11. The van der Waals surface area contributed by atoms with Crippen molar-refractivity contribution in [2.24, 2.45) is 0 Å². The number of hydrogen-bond acceptors (Lipinski definition) is 3. The van der Waals surface area contributed by atoms with Crippen molar-refractivity contribution in [1.82, 2.24) is 4.90 Å². The van der Waals surface area contributed by atoms with Gasteiger partial charge in [-0.3, -0.25) is 0 Å². The van der Waals surface area contributed by atoms with E-state index in [-0.39, 0.29) is 0 Å². The molecule has 0 amide bonds. The molecule has 0 unspecified atom stereocenters. The van der Waals surface area contributed by atoms with Crippen molar-refractivity contribution in [3.63, 3.8) is 0 Å². The lowest BCUT2D eigenvalue weighted by molar-refractivity contribution is 0.400.